The molecule has 3 atom stereocenters. The summed E-state index contributed by atoms with van der Waals surface area (Å²) in [5.41, 5.74) is 1.20. The SMILES string of the molecule is O=C(N[C@H]1C[C@H]2C(=O)NC[C@@H](CCC(=O)N3CCN(c4ccccc4)CC3)N2C1)c1cccs1. The van der Waals surface area contributed by atoms with Gasteiger partial charge in [-0.1, -0.05) is 24.3 Å². The van der Waals surface area contributed by atoms with Gasteiger partial charge in [-0.2, -0.15) is 0 Å². The van der Waals surface area contributed by atoms with Crippen molar-refractivity contribution in [3.63, 3.8) is 0 Å². The van der Waals surface area contributed by atoms with E-state index in [0.29, 0.717) is 37.2 Å². The van der Waals surface area contributed by atoms with Crippen LogP contribution in [-0.2, 0) is 9.59 Å². The predicted molar refractivity (Wildman–Crippen MR) is 132 cm³/mol. The predicted octanol–water partition coefficient (Wildman–Crippen LogP) is 1.55. The number of thiophene rings is 1. The molecule has 0 bridgehead atoms. The molecule has 5 rings (SSSR count). The van der Waals surface area contributed by atoms with Crippen LogP contribution in [0.15, 0.2) is 47.8 Å². The van der Waals surface area contributed by atoms with Crippen molar-refractivity contribution in [2.45, 2.75) is 37.4 Å². The lowest BCUT2D eigenvalue weighted by atomic mass is 10.0. The van der Waals surface area contributed by atoms with E-state index in [1.807, 2.05) is 40.6 Å². The van der Waals surface area contributed by atoms with E-state index in [2.05, 4.69) is 32.6 Å². The van der Waals surface area contributed by atoms with Crippen LogP contribution in [0.4, 0.5) is 5.69 Å². The van der Waals surface area contributed by atoms with Gasteiger partial charge in [-0.25, -0.2) is 0 Å². The standard InChI is InChI=1S/C25H31N5O3S/c31-23(29-12-10-28(11-13-29)19-5-2-1-3-6-19)9-8-20-16-26-24(32)21-15-18(17-30(20)21)27-25(33)22-7-4-14-34-22/h1-7,14,18,20-21H,8-13,15-17H2,(H,26,32)(H,27,33)/t18-,20+,21-/m0/s1. The monoisotopic (exact) mass is 481 g/mol. The molecule has 0 unspecified atom stereocenters. The van der Waals surface area contributed by atoms with Crippen molar-refractivity contribution in [2.24, 2.45) is 0 Å². The summed E-state index contributed by atoms with van der Waals surface area (Å²) in [6, 6.07) is 13.8. The maximum absolute atomic E-state index is 12.9. The molecule has 8 nitrogen and oxygen atoms in total. The first kappa shape index (κ1) is 22.9. The van der Waals surface area contributed by atoms with Crippen LogP contribution in [-0.4, -0.2) is 84.9 Å². The summed E-state index contributed by atoms with van der Waals surface area (Å²) in [7, 11) is 0. The van der Waals surface area contributed by atoms with Crippen molar-refractivity contribution >= 4 is 34.7 Å². The lowest BCUT2D eigenvalue weighted by Gasteiger charge is -2.38. The molecule has 3 saturated heterocycles. The number of benzene rings is 1. The van der Waals surface area contributed by atoms with Crippen molar-refractivity contribution < 1.29 is 14.4 Å². The topological polar surface area (TPSA) is 85.0 Å². The quantitative estimate of drug-likeness (QED) is 0.654. The number of para-hydroxylation sites is 1. The number of anilines is 1. The van der Waals surface area contributed by atoms with E-state index >= 15 is 0 Å². The molecule has 0 aliphatic carbocycles. The van der Waals surface area contributed by atoms with Gasteiger partial charge in [0.2, 0.25) is 11.8 Å². The van der Waals surface area contributed by atoms with Crippen LogP contribution in [0.2, 0.25) is 0 Å². The molecular formula is C25H31N5O3S. The molecule has 0 saturated carbocycles. The summed E-state index contributed by atoms with van der Waals surface area (Å²) < 4.78 is 0. The Morgan fingerprint density at radius 2 is 1.85 bits per heavy atom. The number of carbonyl (C=O) groups excluding carboxylic acids is 3. The Hall–Kier alpha value is -2.91. The van der Waals surface area contributed by atoms with Gasteiger partial charge in [-0.15, -0.1) is 11.3 Å². The second-order valence-corrected chi connectivity index (χ2v) is 10.2. The summed E-state index contributed by atoms with van der Waals surface area (Å²) in [6.45, 7) is 4.35. The molecule has 4 heterocycles. The number of carbonyl (C=O) groups is 3. The highest BCUT2D eigenvalue weighted by Gasteiger charge is 2.44. The first-order valence-corrected chi connectivity index (χ1v) is 12.9. The van der Waals surface area contributed by atoms with Crippen molar-refractivity contribution in [1.82, 2.24) is 20.4 Å². The zero-order valence-corrected chi connectivity index (χ0v) is 20.0. The summed E-state index contributed by atoms with van der Waals surface area (Å²) in [6.07, 6.45) is 1.79. The van der Waals surface area contributed by atoms with Crippen LogP contribution in [0.1, 0.15) is 28.9 Å². The molecule has 180 valence electrons. The molecule has 3 aliphatic heterocycles. The van der Waals surface area contributed by atoms with Crippen molar-refractivity contribution in [3.05, 3.63) is 52.7 Å². The van der Waals surface area contributed by atoms with E-state index in [0.717, 1.165) is 26.2 Å². The molecule has 3 aliphatic rings. The number of amides is 3. The second kappa shape index (κ2) is 10.1. The molecule has 3 amide bonds. The third-order valence-corrected chi connectivity index (χ3v) is 8.02. The maximum atomic E-state index is 12.9. The minimum atomic E-state index is -0.239. The van der Waals surface area contributed by atoms with E-state index in [1.165, 1.54) is 17.0 Å². The fraction of sp³-hybridized carbons (Fsp3) is 0.480. The van der Waals surface area contributed by atoms with Gasteiger partial charge in [0.05, 0.1) is 10.9 Å². The van der Waals surface area contributed by atoms with Gasteiger partial charge in [0.25, 0.3) is 5.91 Å². The highest BCUT2D eigenvalue weighted by molar-refractivity contribution is 7.12. The van der Waals surface area contributed by atoms with E-state index < -0.39 is 0 Å². The largest absolute Gasteiger partial charge is 0.368 e. The van der Waals surface area contributed by atoms with E-state index in [9.17, 15) is 14.4 Å². The van der Waals surface area contributed by atoms with Gasteiger partial charge < -0.3 is 20.4 Å². The molecule has 2 N–H and O–H groups in total. The van der Waals surface area contributed by atoms with Crippen molar-refractivity contribution in [1.29, 1.82) is 0 Å². The number of rotatable bonds is 6. The van der Waals surface area contributed by atoms with Crippen LogP contribution >= 0.6 is 11.3 Å². The van der Waals surface area contributed by atoms with Crippen LogP contribution in [0.5, 0.6) is 0 Å². The van der Waals surface area contributed by atoms with Crippen molar-refractivity contribution in [3.8, 4) is 0 Å². The minimum Gasteiger partial charge on any atom is -0.368 e. The highest BCUT2D eigenvalue weighted by atomic mass is 32.1. The molecular weight excluding hydrogens is 450 g/mol. The van der Waals surface area contributed by atoms with Gasteiger partial charge >= 0.3 is 0 Å². The molecule has 1 aromatic carbocycles. The molecule has 1 aromatic heterocycles. The van der Waals surface area contributed by atoms with Gasteiger partial charge in [-0.05, 0) is 36.4 Å². The lowest BCUT2D eigenvalue weighted by molar-refractivity contribution is -0.132. The Morgan fingerprint density at radius 1 is 1.06 bits per heavy atom. The number of hydrogen-bond acceptors (Lipinski definition) is 6. The summed E-state index contributed by atoms with van der Waals surface area (Å²) in [4.78, 5) is 45.0. The van der Waals surface area contributed by atoms with E-state index in [1.54, 1.807) is 0 Å². The lowest BCUT2D eigenvalue weighted by Crippen LogP contribution is -2.58. The van der Waals surface area contributed by atoms with Gasteiger partial charge in [-0.3, -0.25) is 19.3 Å². The number of fused-ring (bicyclic) bond motifs is 1. The first-order chi connectivity index (χ1) is 16.6. The molecule has 0 radical (unpaired) electrons. The summed E-state index contributed by atoms with van der Waals surface area (Å²) in [5.74, 6) is 0.122. The smallest absolute Gasteiger partial charge is 0.261 e. The maximum Gasteiger partial charge on any atom is 0.261 e. The summed E-state index contributed by atoms with van der Waals surface area (Å²) in [5, 5.41) is 7.98. The fourth-order valence-electron chi connectivity index (χ4n) is 5.31. The Balaban J connectivity index is 1.12. The molecule has 34 heavy (non-hydrogen) atoms. The second-order valence-electron chi connectivity index (χ2n) is 9.24. The zero-order valence-electron chi connectivity index (χ0n) is 19.2. The van der Waals surface area contributed by atoms with E-state index in [4.69, 9.17) is 0 Å². The van der Waals surface area contributed by atoms with E-state index in [-0.39, 0.29) is 35.8 Å². The Bertz CT molecular complexity index is 1010. The third kappa shape index (κ3) is 4.95. The number of hydrogen-bond donors (Lipinski definition) is 2. The number of nitrogens with zero attached hydrogens (tertiary/aromatic N) is 3. The number of nitrogens with one attached hydrogen (secondary N) is 2. The molecule has 9 heteroatoms. The Kier molecular flexibility index (Phi) is 6.82. The first-order valence-electron chi connectivity index (χ1n) is 12.0. The normalized spacial score (nSPS) is 25.1. The molecule has 3 fully saturated rings. The minimum absolute atomic E-state index is 0.0208. The van der Waals surface area contributed by atoms with Crippen LogP contribution in [0, 0.1) is 0 Å². The van der Waals surface area contributed by atoms with Gasteiger partial charge in [0.1, 0.15) is 0 Å². The van der Waals surface area contributed by atoms with Crippen LogP contribution in [0.25, 0.3) is 0 Å². The molecule has 0 spiro atoms. The van der Waals surface area contributed by atoms with Crippen LogP contribution in [0.3, 0.4) is 0 Å². The van der Waals surface area contributed by atoms with Crippen LogP contribution < -0.4 is 15.5 Å². The Morgan fingerprint density at radius 3 is 2.59 bits per heavy atom. The Labute approximate surface area is 203 Å². The van der Waals surface area contributed by atoms with Gasteiger partial charge in [0, 0.05) is 63.5 Å². The summed E-state index contributed by atoms with van der Waals surface area (Å²) >= 11 is 1.41. The molecule has 2 aromatic rings. The van der Waals surface area contributed by atoms with Gasteiger partial charge in [0.15, 0.2) is 0 Å². The average Bonchev–Trinajstić information content (AvgIpc) is 3.55. The third-order valence-electron chi connectivity index (χ3n) is 7.15. The highest BCUT2D eigenvalue weighted by Crippen LogP contribution is 2.26. The number of piperazine rings is 2. The average molecular weight is 482 g/mol. The fourth-order valence-corrected chi connectivity index (χ4v) is 5.94. The van der Waals surface area contributed by atoms with Crippen molar-refractivity contribution in [2.75, 3.05) is 44.2 Å². The zero-order chi connectivity index (χ0) is 23.5.